The molecule has 1 aliphatic rings. The van der Waals surface area contributed by atoms with Crippen LogP contribution in [0.15, 0.2) is 42.5 Å². The predicted molar refractivity (Wildman–Crippen MR) is 111 cm³/mol. The first-order valence-corrected chi connectivity index (χ1v) is 10.6. The first-order chi connectivity index (χ1) is 13.5. The smallest absolute Gasteiger partial charge is 0.242 e. The minimum Gasteiger partial charge on any atom is -0.376 e. The second-order valence-corrected chi connectivity index (χ2v) is 8.65. The summed E-state index contributed by atoms with van der Waals surface area (Å²) in [6.07, 6.45) is 2.00. The number of hydrogen-bond donors (Lipinski definition) is 0. The van der Waals surface area contributed by atoms with Crippen molar-refractivity contribution in [2.45, 2.75) is 45.9 Å². The van der Waals surface area contributed by atoms with E-state index in [1.54, 1.807) is 16.2 Å². The summed E-state index contributed by atoms with van der Waals surface area (Å²) in [6.45, 7) is 5.98. The molecule has 0 aliphatic carbocycles. The van der Waals surface area contributed by atoms with Gasteiger partial charge in [-0.1, -0.05) is 30.3 Å². The van der Waals surface area contributed by atoms with Crippen molar-refractivity contribution in [3.05, 3.63) is 57.8 Å². The van der Waals surface area contributed by atoms with Crippen LogP contribution < -0.4 is 0 Å². The van der Waals surface area contributed by atoms with Crippen molar-refractivity contribution in [2.24, 2.45) is 0 Å². The Morgan fingerprint density at radius 3 is 2.50 bits per heavy atom. The Kier molecular flexibility index (Phi) is 7.23. The standard InChI is InChI=1S/C22H28N2O3S/c1-17-10-11-21(28-17)15-24(13-19-7-4-3-5-8-19)22(26)16-23(18(2)25)14-20-9-6-12-27-20/h3-5,7-8,10-11,20H,6,9,12-16H2,1-2H3/t20-/m0/s1. The van der Waals surface area contributed by atoms with Crippen molar-refractivity contribution in [3.8, 4) is 0 Å². The highest BCUT2D eigenvalue weighted by molar-refractivity contribution is 7.11. The zero-order valence-corrected chi connectivity index (χ0v) is 17.4. The number of nitrogens with zero attached hydrogens (tertiary/aromatic N) is 2. The van der Waals surface area contributed by atoms with Gasteiger partial charge in [0.1, 0.15) is 0 Å². The topological polar surface area (TPSA) is 49.9 Å². The second-order valence-electron chi connectivity index (χ2n) is 7.28. The second kappa shape index (κ2) is 9.85. The van der Waals surface area contributed by atoms with E-state index in [1.807, 2.05) is 35.2 Å². The third-order valence-electron chi connectivity index (χ3n) is 4.93. The third kappa shape index (κ3) is 5.91. The number of thiophene rings is 1. The summed E-state index contributed by atoms with van der Waals surface area (Å²) < 4.78 is 5.65. The molecule has 28 heavy (non-hydrogen) atoms. The zero-order chi connectivity index (χ0) is 19.9. The van der Waals surface area contributed by atoms with E-state index >= 15 is 0 Å². The van der Waals surface area contributed by atoms with Crippen LogP contribution in [0.3, 0.4) is 0 Å². The minimum absolute atomic E-state index is 0.0388. The van der Waals surface area contributed by atoms with Crippen LogP contribution in [0.5, 0.6) is 0 Å². The molecule has 1 aliphatic heterocycles. The summed E-state index contributed by atoms with van der Waals surface area (Å²) in [6, 6.07) is 14.1. The molecule has 0 unspecified atom stereocenters. The van der Waals surface area contributed by atoms with E-state index in [1.165, 1.54) is 11.8 Å². The summed E-state index contributed by atoms with van der Waals surface area (Å²) in [7, 11) is 0. The number of carbonyl (C=O) groups is 2. The molecule has 2 amide bonds. The Balaban J connectivity index is 1.70. The molecule has 0 radical (unpaired) electrons. The number of carbonyl (C=O) groups excluding carboxylic acids is 2. The molecule has 2 heterocycles. The molecule has 0 N–H and O–H groups in total. The fourth-order valence-electron chi connectivity index (χ4n) is 3.40. The van der Waals surface area contributed by atoms with Gasteiger partial charge in [-0.05, 0) is 37.5 Å². The predicted octanol–water partition coefficient (Wildman–Crippen LogP) is 3.61. The molecule has 150 valence electrons. The summed E-state index contributed by atoms with van der Waals surface area (Å²) in [5, 5.41) is 0. The lowest BCUT2D eigenvalue weighted by molar-refractivity contribution is -0.141. The van der Waals surface area contributed by atoms with Gasteiger partial charge in [0.2, 0.25) is 11.8 Å². The summed E-state index contributed by atoms with van der Waals surface area (Å²) in [5.74, 6) is -0.126. The lowest BCUT2D eigenvalue weighted by Gasteiger charge is -2.28. The van der Waals surface area contributed by atoms with E-state index in [-0.39, 0.29) is 24.5 Å². The van der Waals surface area contributed by atoms with Crippen molar-refractivity contribution in [2.75, 3.05) is 19.7 Å². The number of hydrogen-bond acceptors (Lipinski definition) is 4. The van der Waals surface area contributed by atoms with Crippen LogP contribution in [0.25, 0.3) is 0 Å². The van der Waals surface area contributed by atoms with Gasteiger partial charge in [-0.15, -0.1) is 11.3 Å². The van der Waals surface area contributed by atoms with E-state index in [0.717, 1.165) is 29.9 Å². The van der Waals surface area contributed by atoms with Crippen molar-refractivity contribution in [1.82, 2.24) is 9.80 Å². The van der Waals surface area contributed by atoms with Gasteiger partial charge in [-0.25, -0.2) is 0 Å². The van der Waals surface area contributed by atoms with Gasteiger partial charge in [0, 0.05) is 36.4 Å². The van der Waals surface area contributed by atoms with E-state index in [2.05, 4.69) is 19.1 Å². The average Bonchev–Trinajstić information content (AvgIpc) is 3.33. The molecule has 2 aromatic rings. The van der Waals surface area contributed by atoms with Crippen LogP contribution in [0.2, 0.25) is 0 Å². The van der Waals surface area contributed by atoms with E-state index in [9.17, 15) is 9.59 Å². The molecule has 0 saturated carbocycles. The zero-order valence-electron chi connectivity index (χ0n) is 16.6. The van der Waals surface area contributed by atoms with Crippen LogP contribution in [0, 0.1) is 6.92 Å². The molecule has 1 aromatic carbocycles. The normalized spacial score (nSPS) is 16.1. The van der Waals surface area contributed by atoms with Crippen LogP contribution >= 0.6 is 11.3 Å². The summed E-state index contributed by atoms with van der Waals surface area (Å²) in [5.41, 5.74) is 1.08. The fraction of sp³-hybridized carbons (Fsp3) is 0.455. The van der Waals surface area contributed by atoms with Crippen molar-refractivity contribution < 1.29 is 14.3 Å². The monoisotopic (exact) mass is 400 g/mol. The molecule has 1 saturated heterocycles. The van der Waals surface area contributed by atoms with Gasteiger partial charge in [0.05, 0.1) is 19.2 Å². The largest absolute Gasteiger partial charge is 0.376 e. The minimum atomic E-state index is -0.0875. The number of benzene rings is 1. The molecule has 1 aromatic heterocycles. The molecule has 1 fully saturated rings. The van der Waals surface area contributed by atoms with Crippen LogP contribution in [-0.2, 0) is 27.4 Å². The molecule has 5 nitrogen and oxygen atoms in total. The first-order valence-electron chi connectivity index (χ1n) is 9.75. The van der Waals surface area contributed by atoms with E-state index < -0.39 is 0 Å². The molecule has 0 spiro atoms. The first kappa shape index (κ1) is 20.6. The molecular formula is C22H28N2O3S. The molecule has 3 rings (SSSR count). The van der Waals surface area contributed by atoms with E-state index in [4.69, 9.17) is 4.74 Å². The fourth-order valence-corrected chi connectivity index (χ4v) is 4.30. The Bertz CT molecular complexity index is 784. The third-order valence-corrected chi connectivity index (χ3v) is 5.92. The number of ether oxygens (including phenoxy) is 1. The maximum absolute atomic E-state index is 13.1. The van der Waals surface area contributed by atoms with Crippen molar-refractivity contribution in [1.29, 1.82) is 0 Å². The van der Waals surface area contributed by atoms with Crippen LogP contribution in [-0.4, -0.2) is 47.4 Å². The van der Waals surface area contributed by atoms with Gasteiger partial charge in [0.15, 0.2) is 0 Å². The van der Waals surface area contributed by atoms with Gasteiger partial charge in [0.25, 0.3) is 0 Å². The average molecular weight is 401 g/mol. The highest BCUT2D eigenvalue weighted by Gasteiger charge is 2.25. The maximum Gasteiger partial charge on any atom is 0.242 e. The van der Waals surface area contributed by atoms with E-state index in [0.29, 0.717) is 19.6 Å². The SMILES string of the molecule is CC(=O)N(CC(=O)N(Cc1ccccc1)Cc1ccc(C)s1)C[C@@H]1CCCO1. The number of amides is 2. The van der Waals surface area contributed by atoms with Gasteiger partial charge in [-0.2, -0.15) is 0 Å². The van der Waals surface area contributed by atoms with Crippen molar-refractivity contribution >= 4 is 23.2 Å². The Labute approximate surface area is 170 Å². The summed E-state index contributed by atoms with van der Waals surface area (Å²) in [4.78, 5) is 31.1. The highest BCUT2D eigenvalue weighted by atomic mass is 32.1. The van der Waals surface area contributed by atoms with Crippen molar-refractivity contribution in [3.63, 3.8) is 0 Å². The van der Waals surface area contributed by atoms with Gasteiger partial charge in [-0.3, -0.25) is 9.59 Å². The van der Waals surface area contributed by atoms with Gasteiger partial charge >= 0.3 is 0 Å². The highest BCUT2D eigenvalue weighted by Crippen LogP contribution is 2.19. The number of aryl methyl sites for hydroxylation is 1. The van der Waals surface area contributed by atoms with Crippen LogP contribution in [0.1, 0.15) is 35.1 Å². The Hall–Kier alpha value is -2.18. The van der Waals surface area contributed by atoms with Gasteiger partial charge < -0.3 is 14.5 Å². The Morgan fingerprint density at radius 2 is 1.89 bits per heavy atom. The molecule has 6 heteroatoms. The lowest BCUT2D eigenvalue weighted by atomic mass is 10.2. The maximum atomic E-state index is 13.1. The lowest BCUT2D eigenvalue weighted by Crippen LogP contribution is -2.44. The molecule has 1 atom stereocenters. The molecule has 0 bridgehead atoms. The Morgan fingerprint density at radius 1 is 1.11 bits per heavy atom. The molecular weight excluding hydrogens is 372 g/mol. The quantitative estimate of drug-likeness (QED) is 0.680. The summed E-state index contributed by atoms with van der Waals surface area (Å²) >= 11 is 1.70. The number of rotatable bonds is 8. The van der Waals surface area contributed by atoms with Crippen LogP contribution in [0.4, 0.5) is 0 Å².